The van der Waals surface area contributed by atoms with E-state index in [1.165, 1.54) is 0 Å². The maximum absolute atomic E-state index is 5.47. The van der Waals surface area contributed by atoms with E-state index < -0.39 is 17.6 Å². The Bertz CT molecular complexity index is 306. The first-order valence-electron chi connectivity index (χ1n) is 7.66. The van der Waals surface area contributed by atoms with E-state index in [1.54, 1.807) is 104 Å². The highest BCUT2D eigenvalue weighted by Gasteiger charge is 2.40. The van der Waals surface area contributed by atoms with Crippen LogP contribution in [0.5, 0.6) is 0 Å². The zero-order valence-corrected chi connectivity index (χ0v) is 23.4. The minimum absolute atomic E-state index is 0.382. The Hall–Kier alpha value is 2.29. The van der Waals surface area contributed by atoms with Crippen molar-refractivity contribution in [2.75, 3.05) is 42.7 Å². The van der Waals surface area contributed by atoms with Gasteiger partial charge in [-0.15, -0.1) is 0 Å². The largest absolute Gasteiger partial charge is 0.501 e. The first-order valence-corrected chi connectivity index (χ1v) is 19.1. The molecule has 26 heavy (non-hydrogen) atoms. The summed E-state index contributed by atoms with van der Waals surface area (Å²) in [6.45, 7) is 4.33. The molecule has 0 aliphatic carbocycles. The summed E-state index contributed by atoms with van der Waals surface area (Å²) in [5.74, 6) is 0. The molecule has 0 saturated carbocycles. The molecule has 0 N–H and O–H groups in total. The van der Waals surface area contributed by atoms with Crippen LogP contribution in [0.15, 0.2) is 0 Å². The van der Waals surface area contributed by atoms with Gasteiger partial charge in [0.05, 0.1) is 0 Å². The molecule has 0 aromatic carbocycles. The molecule has 14 heteroatoms. The van der Waals surface area contributed by atoms with Crippen LogP contribution in [0.25, 0.3) is 0 Å². The number of hydrogen-bond acceptors (Lipinski definition) is 12. The van der Waals surface area contributed by atoms with Gasteiger partial charge in [-0.2, -0.15) is 0 Å². The highest BCUT2D eigenvalue weighted by Crippen LogP contribution is 2.55. The second-order valence-electron chi connectivity index (χ2n) is 5.08. The molecule has 0 aromatic rings. The van der Waals surface area contributed by atoms with Crippen LogP contribution in [0.3, 0.4) is 0 Å². The standard InChI is InChI=1S/C12H30O6S6Si2/c1-11(9-25(13-3,14-4)15-5)19-21-23-24-22-20-12(2)10-26(16-6,17-7)18-8/h11-12H,9-10H2,1-8H3. The van der Waals surface area contributed by atoms with Gasteiger partial charge >= 0.3 is 17.6 Å². The van der Waals surface area contributed by atoms with E-state index in [-0.39, 0.29) is 0 Å². The summed E-state index contributed by atoms with van der Waals surface area (Å²) in [6, 6.07) is 1.58. The molecule has 0 bridgehead atoms. The summed E-state index contributed by atoms with van der Waals surface area (Å²) in [5, 5.41) is 0.765. The van der Waals surface area contributed by atoms with E-state index >= 15 is 0 Å². The molecule has 0 heterocycles. The molecule has 158 valence electrons. The first kappa shape index (κ1) is 28.3. The van der Waals surface area contributed by atoms with E-state index in [1.807, 2.05) is 0 Å². The van der Waals surface area contributed by atoms with Gasteiger partial charge in [-0.25, -0.2) is 0 Å². The van der Waals surface area contributed by atoms with Crippen LogP contribution in [-0.4, -0.2) is 70.8 Å². The van der Waals surface area contributed by atoms with Crippen molar-refractivity contribution in [3.63, 3.8) is 0 Å². The van der Waals surface area contributed by atoms with Crippen LogP contribution in [-0.2, 0) is 26.6 Å². The molecule has 2 unspecified atom stereocenters. The molecule has 0 rings (SSSR count). The third-order valence-electron chi connectivity index (χ3n) is 3.43. The second-order valence-corrected chi connectivity index (χ2v) is 21.3. The molecule has 0 saturated heterocycles. The van der Waals surface area contributed by atoms with Crippen molar-refractivity contribution in [3.8, 4) is 0 Å². The minimum atomic E-state index is -2.50. The molecule has 0 amide bonds. The van der Waals surface area contributed by atoms with Gasteiger partial charge in [-0.3, -0.25) is 0 Å². The molecule has 2 atom stereocenters. The Kier molecular flexibility index (Phi) is 17.5. The van der Waals surface area contributed by atoms with Crippen LogP contribution in [0.4, 0.5) is 0 Å². The lowest BCUT2D eigenvalue weighted by molar-refractivity contribution is 0.123. The van der Waals surface area contributed by atoms with Gasteiger partial charge in [-0.05, 0) is 39.3 Å². The summed E-state index contributed by atoms with van der Waals surface area (Å²) >= 11 is 0. The Balaban J connectivity index is 3.93. The molecule has 0 fully saturated rings. The molecule has 0 spiro atoms. The summed E-state index contributed by atoms with van der Waals surface area (Å²) in [7, 11) is 15.6. The summed E-state index contributed by atoms with van der Waals surface area (Å²) in [6.07, 6.45) is 0. The zero-order valence-electron chi connectivity index (χ0n) is 16.5. The van der Waals surface area contributed by atoms with Gasteiger partial charge in [0.1, 0.15) is 0 Å². The summed E-state index contributed by atoms with van der Waals surface area (Å²) in [4.78, 5) is 0. The van der Waals surface area contributed by atoms with Gasteiger partial charge in [0, 0.05) is 65.2 Å². The monoisotopic (exact) mass is 518 g/mol. The lowest BCUT2D eigenvalue weighted by Crippen LogP contribution is -2.44. The molecule has 0 aromatic heterocycles. The van der Waals surface area contributed by atoms with E-state index in [0.717, 1.165) is 12.1 Å². The van der Waals surface area contributed by atoms with E-state index in [9.17, 15) is 0 Å². The van der Waals surface area contributed by atoms with Gasteiger partial charge in [0.25, 0.3) is 0 Å². The maximum atomic E-state index is 5.47. The van der Waals surface area contributed by atoms with Crippen molar-refractivity contribution in [3.05, 3.63) is 0 Å². The average molecular weight is 519 g/mol. The second kappa shape index (κ2) is 16.0. The molecule has 6 nitrogen and oxygen atoms in total. The van der Waals surface area contributed by atoms with Gasteiger partial charge < -0.3 is 26.6 Å². The normalized spacial score (nSPS) is 15.2. The molecular weight excluding hydrogens is 489 g/mol. The molecule has 0 aliphatic heterocycles. The van der Waals surface area contributed by atoms with Crippen molar-refractivity contribution >= 4 is 78.5 Å². The van der Waals surface area contributed by atoms with Crippen LogP contribution in [0.1, 0.15) is 13.8 Å². The van der Waals surface area contributed by atoms with Crippen molar-refractivity contribution in [2.45, 2.75) is 36.4 Å². The van der Waals surface area contributed by atoms with Crippen molar-refractivity contribution in [1.29, 1.82) is 0 Å². The smallest absolute Gasteiger partial charge is 0.377 e. The lowest BCUT2D eigenvalue weighted by atomic mass is 10.6. The Morgan fingerprint density at radius 3 is 1.04 bits per heavy atom. The van der Waals surface area contributed by atoms with Crippen molar-refractivity contribution < 1.29 is 26.6 Å². The summed E-state index contributed by atoms with van der Waals surface area (Å²) < 4.78 is 32.8. The van der Waals surface area contributed by atoms with E-state index in [0.29, 0.717) is 10.5 Å². The predicted molar refractivity (Wildman–Crippen MR) is 128 cm³/mol. The highest BCUT2D eigenvalue weighted by molar-refractivity contribution is 9.41. The van der Waals surface area contributed by atoms with Gasteiger partial charge in [0.2, 0.25) is 0 Å². The van der Waals surface area contributed by atoms with Gasteiger partial charge in [-0.1, -0.05) is 35.4 Å². The summed E-state index contributed by atoms with van der Waals surface area (Å²) in [5.41, 5.74) is 0. The SMILES string of the molecule is CO[Si](CC(C)SSSSSSC(C)C[Si](OC)(OC)OC)(OC)OC. The fourth-order valence-electron chi connectivity index (χ4n) is 1.96. The molecule has 0 radical (unpaired) electrons. The third kappa shape index (κ3) is 10.9. The Labute approximate surface area is 183 Å². The average Bonchev–Trinajstić information content (AvgIpc) is 2.67. The van der Waals surface area contributed by atoms with Crippen molar-refractivity contribution in [1.82, 2.24) is 0 Å². The topological polar surface area (TPSA) is 55.4 Å². The fourth-order valence-corrected chi connectivity index (χ4v) is 19.9. The fraction of sp³-hybridized carbons (Fsp3) is 1.00. The van der Waals surface area contributed by atoms with E-state index in [4.69, 9.17) is 26.6 Å². The van der Waals surface area contributed by atoms with Crippen molar-refractivity contribution in [2.24, 2.45) is 0 Å². The van der Waals surface area contributed by atoms with E-state index in [2.05, 4.69) is 13.8 Å². The third-order valence-corrected chi connectivity index (χ3v) is 21.7. The van der Waals surface area contributed by atoms with Crippen LogP contribution < -0.4 is 0 Å². The quantitative estimate of drug-likeness (QED) is 0.139. The molecule has 0 aliphatic rings. The van der Waals surface area contributed by atoms with Crippen LogP contribution in [0, 0.1) is 0 Å². The Morgan fingerprint density at radius 2 is 0.808 bits per heavy atom. The minimum Gasteiger partial charge on any atom is -0.377 e. The number of rotatable bonds is 17. The predicted octanol–water partition coefficient (Wildman–Crippen LogP) is 5.49. The highest BCUT2D eigenvalue weighted by atomic mass is 33.9. The number of hydrogen-bond donors (Lipinski definition) is 0. The van der Waals surface area contributed by atoms with Crippen LogP contribution in [0.2, 0.25) is 12.1 Å². The maximum Gasteiger partial charge on any atom is 0.501 e. The molecular formula is C12H30O6S6Si2. The Morgan fingerprint density at radius 1 is 0.538 bits per heavy atom. The zero-order chi connectivity index (χ0) is 20.1. The van der Waals surface area contributed by atoms with Gasteiger partial charge in [0.15, 0.2) is 0 Å². The first-order chi connectivity index (χ1) is 12.4. The van der Waals surface area contributed by atoms with Crippen LogP contribution >= 0.6 is 60.9 Å². The lowest BCUT2D eigenvalue weighted by Gasteiger charge is -2.26.